The van der Waals surface area contributed by atoms with Crippen molar-refractivity contribution in [2.45, 2.75) is 25.9 Å². The van der Waals surface area contributed by atoms with Crippen molar-refractivity contribution in [1.82, 2.24) is 20.1 Å². The largest absolute Gasteiger partial charge is 0.381 e. The minimum Gasteiger partial charge on any atom is -0.381 e. The average Bonchev–Trinajstić information content (AvgIpc) is 2.86. The van der Waals surface area contributed by atoms with Crippen LogP contribution in [0, 0.1) is 12.8 Å². The smallest absolute Gasteiger partial charge is 0.170 e. The van der Waals surface area contributed by atoms with Gasteiger partial charge in [0.1, 0.15) is 11.4 Å². The molecule has 1 aliphatic rings. The van der Waals surface area contributed by atoms with Gasteiger partial charge in [0.25, 0.3) is 0 Å². The third-order valence-corrected chi connectivity index (χ3v) is 4.18. The van der Waals surface area contributed by atoms with Gasteiger partial charge in [-0.2, -0.15) is 0 Å². The number of hydrogen-bond acceptors (Lipinski definition) is 4. The number of hydrogen-bond donors (Lipinski definition) is 2. The summed E-state index contributed by atoms with van der Waals surface area (Å²) in [4.78, 5) is 0. The molecule has 5 heteroatoms. The van der Waals surface area contributed by atoms with E-state index in [4.69, 9.17) is 0 Å². The number of piperidine rings is 1. The van der Waals surface area contributed by atoms with Gasteiger partial charge in [-0.05, 0) is 32.0 Å². The molecule has 1 aromatic carbocycles. The van der Waals surface area contributed by atoms with Crippen LogP contribution in [-0.2, 0) is 5.60 Å². The summed E-state index contributed by atoms with van der Waals surface area (Å²) < 4.78 is 1.96. The summed E-state index contributed by atoms with van der Waals surface area (Å²) in [7, 11) is 0. The Balaban J connectivity index is 2.11. The number of aromatic nitrogens is 3. The first kappa shape index (κ1) is 13.3. The lowest BCUT2D eigenvalue weighted by Crippen LogP contribution is -2.48. The predicted molar refractivity (Wildman–Crippen MR) is 76.6 cm³/mol. The van der Waals surface area contributed by atoms with Gasteiger partial charge in [-0.1, -0.05) is 25.1 Å². The SMILES string of the molecule is Cc1nnc([C@]2(O)CCNC[C@@H]2C)n1-c1ccccc1. The highest BCUT2D eigenvalue weighted by Gasteiger charge is 2.42. The highest BCUT2D eigenvalue weighted by molar-refractivity contribution is 5.35. The lowest BCUT2D eigenvalue weighted by atomic mass is 9.82. The molecule has 0 bridgehead atoms. The van der Waals surface area contributed by atoms with E-state index in [9.17, 15) is 5.11 Å². The van der Waals surface area contributed by atoms with Crippen molar-refractivity contribution in [3.63, 3.8) is 0 Å². The molecule has 106 valence electrons. The van der Waals surface area contributed by atoms with Gasteiger partial charge < -0.3 is 10.4 Å². The molecule has 0 saturated carbocycles. The number of nitrogens with zero attached hydrogens (tertiary/aromatic N) is 3. The molecule has 0 aliphatic carbocycles. The third kappa shape index (κ3) is 2.03. The lowest BCUT2D eigenvalue weighted by molar-refractivity contribution is -0.0483. The van der Waals surface area contributed by atoms with Crippen LogP contribution in [0.25, 0.3) is 5.69 Å². The molecular weight excluding hydrogens is 252 g/mol. The standard InChI is InChI=1S/C15H20N4O/c1-11-10-16-9-8-15(11,20)14-18-17-12(2)19(14)13-6-4-3-5-7-13/h3-7,11,16,20H,8-10H2,1-2H3/t11-,15-/m0/s1. The minimum absolute atomic E-state index is 0.0994. The van der Waals surface area contributed by atoms with Crippen LogP contribution in [0.4, 0.5) is 0 Å². The van der Waals surface area contributed by atoms with E-state index >= 15 is 0 Å². The van der Waals surface area contributed by atoms with Crippen LogP contribution in [0.5, 0.6) is 0 Å². The van der Waals surface area contributed by atoms with Gasteiger partial charge >= 0.3 is 0 Å². The van der Waals surface area contributed by atoms with E-state index < -0.39 is 5.60 Å². The number of nitrogens with one attached hydrogen (secondary N) is 1. The summed E-state index contributed by atoms with van der Waals surface area (Å²) in [6.07, 6.45) is 0.652. The zero-order valence-corrected chi connectivity index (χ0v) is 11.9. The first-order chi connectivity index (χ1) is 9.63. The van der Waals surface area contributed by atoms with Crippen LogP contribution in [-0.4, -0.2) is 33.0 Å². The molecule has 0 spiro atoms. The summed E-state index contributed by atoms with van der Waals surface area (Å²) in [5.74, 6) is 1.54. The molecule has 2 atom stereocenters. The van der Waals surface area contributed by atoms with Crippen molar-refractivity contribution >= 4 is 0 Å². The van der Waals surface area contributed by atoms with Gasteiger partial charge in [-0.3, -0.25) is 4.57 Å². The van der Waals surface area contributed by atoms with Crippen LogP contribution in [0.2, 0.25) is 0 Å². The quantitative estimate of drug-likeness (QED) is 0.867. The van der Waals surface area contributed by atoms with Crippen LogP contribution in [0.3, 0.4) is 0 Å². The molecule has 1 saturated heterocycles. The molecule has 2 N–H and O–H groups in total. The third-order valence-electron chi connectivity index (χ3n) is 4.18. The Labute approximate surface area is 118 Å². The van der Waals surface area contributed by atoms with Crippen LogP contribution >= 0.6 is 0 Å². The van der Waals surface area contributed by atoms with Crippen LogP contribution in [0.15, 0.2) is 30.3 Å². The Kier molecular flexibility index (Phi) is 3.31. The monoisotopic (exact) mass is 272 g/mol. The number of aliphatic hydroxyl groups is 1. The summed E-state index contributed by atoms with van der Waals surface area (Å²) in [5, 5.41) is 22.9. The average molecular weight is 272 g/mol. The van der Waals surface area contributed by atoms with E-state index in [1.807, 2.05) is 48.7 Å². The minimum atomic E-state index is -0.928. The van der Waals surface area contributed by atoms with Crippen molar-refractivity contribution in [2.24, 2.45) is 5.92 Å². The summed E-state index contributed by atoms with van der Waals surface area (Å²) in [6, 6.07) is 9.96. The van der Waals surface area contributed by atoms with Gasteiger partial charge in [0.05, 0.1) is 0 Å². The maximum absolute atomic E-state index is 11.1. The zero-order chi connectivity index (χ0) is 14.2. The number of benzene rings is 1. The van der Waals surface area contributed by atoms with E-state index in [0.29, 0.717) is 12.2 Å². The predicted octanol–water partition coefficient (Wildman–Crippen LogP) is 1.39. The number of para-hydroxylation sites is 1. The fourth-order valence-corrected chi connectivity index (χ4v) is 2.87. The molecule has 2 aromatic rings. The molecule has 5 nitrogen and oxygen atoms in total. The lowest BCUT2D eigenvalue weighted by Gasteiger charge is -2.37. The number of rotatable bonds is 2. The highest BCUT2D eigenvalue weighted by Crippen LogP contribution is 2.35. The van der Waals surface area contributed by atoms with Gasteiger partial charge in [-0.15, -0.1) is 10.2 Å². The Hall–Kier alpha value is -1.72. The Morgan fingerprint density at radius 2 is 2.05 bits per heavy atom. The molecule has 0 radical (unpaired) electrons. The molecule has 20 heavy (non-hydrogen) atoms. The maximum atomic E-state index is 11.1. The van der Waals surface area contributed by atoms with E-state index in [2.05, 4.69) is 15.5 Å². The van der Waals surface area contributed by atoms with Crippen molar-refractivity contribution in [2.75, 3.05) is 13.1 Å². The van der Waals surface area contributed by atoms with Gasteiger partial charge in [-0.25, -0.2) is 0 Å². The molecule has 1 fully saturated rings. The summed E-state index contributed by atoms with van der Waals surface area (Å²) >= 11 is 0. The van der Waals surface area contributed by atoms with Crippen molar-refractivity contribution < 1.29 is 5.11 Å². The molecule has 1 aliphatic heterocycles. The Morgan fingerprint density at radius 1 is 1.30 bits per heavy atom. The summed E-state index contributed by atoms with van der Waals surface area (Å²) in [5.41, 5.74) is 0.0617. The molecule has 3 rings (SSSR count). The molecular formula is C15H20N4O. The van der Waals surface area contributed by atoms with Crippen LogP contribution in [0.1, 0.15) is 25.0 Å². The first-order valence-electron chi connectivity index (χ1n) is 7.04. The summed E-state index contributed by atoms with van der Waals surface area (Å²) in [6.45, 7) is 5.54. The van der Waals surface area contributed by atoms with E-state index in [-0.39, 0.29) is 5.92 Å². The molecule has 1 aromatic heterocycles. The second-order valence-electron chi connectivity index (χ2n) is 5.52. The highest BCUT2D eigenvalue weighted by atomic mass is 16.3. The Bertz CT molecular complexity index is 595. The van der Waals surface area contributed by atoms with E-state index in [1.54, 1.807) is 0 Å². The van der Waals surface area contributed by atoms with Gasteiger partial charge in [0, 0.05) is 18.2 Å². The Morgan fingerprint density at radius 3 is 2.75 bits per heavy atom. The second kappa shape index (κ2) is 5.00. The van der Waals surface area contributed by atoms with Crippen LogP contribution < -0.4 is 5.32 Å². The molecule has 0 unspecified atom stereocenters. The first-order valence-corrected chi connectivity index (χ1v) is 7.04. The van der Waals surface area contributed by atoms with Gasteiger partial charge in [0.2, 0.25) is 0 Å². The number of aryl methyl sites for hydroxylation is 1. The second-order valence-corrected chi connectivity index (χ2v) is 5.52. The van der Waals surface area contributed by atoms with E-state index in [0.717, 1.165) is 24.6 Å². The molecule has 2 heterocycles. The zero-order valence-electron chi connectivity index (χ0n) is 11.9. The van der Waals surface area contributed by atoms with Crippen molar-refractivity contribution in [1.29, 1.82) is 0 Å². The maximum Gasteiger partial charge on any atom is 0.170 e. The topological polar surface area (TPSA) is 63.0 Å². The fourth-order valence-electron chi connectivity index (χ4n) is 2.87. The van der Waals surface area contributed by atoms with Gasteiger partial charge in [0.15, 0.2) is 5.82 Å². The van der Waals surface area contributed by atoms with Crippen molar-refractivity contribution in [3.05, 3.63) is 42.0 Å². The van der Waals surface area contributed by atoms with Crippen molar-refractivity contribution in [3.8, 4) is 5.69 Å². The fraction of sp³-hybridized carbons (Fsp3) is 0.467. The molecule has 0 amide bonds. The van der Waals surface area contributed by atoms with E-state index in [1.165, 1.54) is 0 Å². The normalized spacial score (nSPS) is 26.6.